The standard InChI is InChI=1S/C15H32N2/c1-12(2)13-7-9-17(11-13)10-8-14(16-6)15(3,4)5/h12-14,16H,7-11H2,1-6H3. The number of nitrogens with one attached hydrogen (secondary N) is 1. The Morgan fingerprint density at radius 2 is 1.94 bits per heavy atom. The van der Waals surface area contributed by atoms with Gasteiger partial charge in [0, 0.05) is 12.6 Å². The first kappa shape index (κ1) is 15.0. The summed E-state index contributed by atoms with van der Waals surface area (Å²) in [4.78, 5) is 2.65. The molecule has 1 aliphatic rings. The van der Waals surface area contributed by atoms with Crippen molar-refractivity contribution in [2.45, 2.75) is 53.5 Å². The Labute approximate surface area is 108 Å². The van der Waals surface area contributed by atoms with Crippen LogP contribution in [0.4, 0.5) is 0 Å². The maximum atomic E-state index is 3.47. The second kappa shape index (κ2) is 6.19. The van der Waals surface area contributed by atoms with Gasteiger partial charge in [-0.1, -0.05) is 34.6 Å². The molecule has 2 heteroatoms. The summed E-state index contributed by atoms with van der Waals surface area (Å²) in [6, 6.07) is 0.626. The third-order valence-electron chi connectivity index (χ3n) is 4.38. The van der Waals surface area contributed by atoms with E-state index in [1.165, 1.54) is 32.5 Å². The van der Waals surface area contributed by atoms with E-state index >= 15 is 0 Å². The SMILES string of the molecule is CNC(CCN1CCC(C(C)C)C1)C(C)(C)C. The first-order valence-electron chi connectivity index (χ1n) is 7.24. The Morgan fingerprint density at radius 3 is 2.35 bits per heavy atom. The highest BCUT2D eigenvalue weighted by atomic mass is 15.1. The molecule has 1 fully saturated rings. The fourth-order valence-corrected chi connectivity index (χ4v) is 2.93. The van der Waals surface area contributed by atoms with E-state index in [4.69, 9.17) is 0 Å². The summed E-state index contributed by atoms with van der Waals surface area (Å²) < 4.78 is 0. The van der Waals surface area contributed by atoms with Gasteiger partial charge in [0.05, 0.1) is 0 Å². The Bertz CT molecular complexity index is 217. The lowest BCUT2D eigenvalue weighted by Crippen LogP contribution is -2.40. The van der Waals surface area contributed by atoms with Crippen LogP contribution in [0.5, 0.6) is 0 Å². The van der Waals surface area contributed by atoms with Crippen molar-refractivity contribution < 1.29 is 0 Å². The quantitative estimate of drug-likeness (QED) is 0.795. The summed E-state index contributed by atoms with van der Waals surface area (Å²) in [5.41, 5.74) is 0.367. The highest BCUT2D eigenvalue weighted by Gasteiger charge is 2.27. The lowest BCUT2D eigenvalue weighted by Gasteiger charge is -2.32. The van der Waals surface area contributed by atoms with Gasteiger partial charge < -0.3 is 10.2 Å². The molecule has 1 heterocycles. The molecule has 0 aromatic rings. The first-order chi connectivity index (χ1) is 7.84. The van der Waals surface area contributed by atoms with Crippen LogP contribution in [-0.4, -0.2) is 37.6 Å². The van der Waals surface area contributed by atoms with Crippen molar-refractivity contribution in [3.8, 4) is 0 Å². The van der Waals surface area contributed by atoms with Crippen LogP contribution < -0.4 is 5.32 Å². The average molecular weight is 240 g/mol. The van der Waals surface area contributed by atoms with E-state index in [1.54, 1.807) is 0 Å². The lowest BCUT2D eigenvalue weighted by molar-refractivity contribution is 0.224. The number of hydrogen-bond donors (Lipinski definition) is 1. The van der Waals surface area contributed by atoms with Gasteiger partial charge >= 0.3 is 0 Å². The fourth-order valence-electron chi connectivity index (χ4n) is 2.93. The monoisotopic (exact) mass is 240 g/mol. The van der Waals surface area contributed by atoms with E-state index in [-0.39, 0.29) is 0 Å². The molecule has 0 spiro atoms. The van der Waals surface area contributed by atoms with Gasteiger partial charge in [-0.3, -0.25) is 0 Å². The minimum absolute atomic E-state index is 0.367. The molecule has 0 amide bonds. The summed E-state index contributed by atoms with van der Waals surface area (Å²) in [5, 5.41) is 3.47. The fraction of sp³-hybridized carbons (Fsp3) is 1.00. The van der Waals surface area contributed by atoms with Crippen molar-refractivity contribution in [2.75, 3.05) is 26.7 Å². The summed E-state index contributed by atoms with van der Waals surface area (Å²) in [7, 11) is 2.09. The van der Waals surface area contributed by atoms with Gasteiger partial charge in [-0.05, 0) is 50.2 Å². The maximum Gasteiger partial charge on any atom is 0.0125 e. The van der Waals surface area contributed by atoms with Gasteiger partial charge in [0.2, 0.25) is 0 Å². The Kier molecular flexibility index (Phi) is 5.46. The van der Waals surface area contributed by atoms with E-state index in [9.17, 15) is 0 Å². The molecular formula is C15H32N2. The van der Waals surface area contributed by atoms with E-state index in [0.717, 1.165) is 11.8 Å². The number of rotatable bonds is 5. The number of likely N-dealkylation sites (tertiary alicyclic amines) is 1. The van der Waals surface area contributed by atoms with E-state index in [2.05, 4.69) is 51.9 Å². The van der Waals surface area contributed by atoms with Gasteiger partial charge in [0.15, 0.2) is 0 Å². The molecule has 2 unspecified atom stereocenters. The van der Waals surface area contributed by atoms with E-state index in [1.807, 2.05) is 0 Å². The van der Waals surface area contributed by atoms with Gasteiger partial charge in [-0.2, -0.15) is 0 Å². The molecule has 0 aliphatic carbocycles. The van der Waals surface area contributed by atoms with Crippen LogP contribution in [0.15, 0.2) is 0 Å². The molecule has 2 nitrogen and oxygen atoms in total. The lowest BCUT2D eigenvalue weighted by atomic mass is 9.85. The summed E-state index contributed by atoms with van der Waals surface area (Å²) in [5.74, 6) is 1.78. The maximum absolute atomic E-state index is 3.47. The zero-order valence-corrected chi connectivity index (χ0v) is 12.7. The van der Waals surface area contributed by atoms with Crippen LogP contribution in [0.25, 0.3) is 0 Å². The van der Waals surface area contributed by atoms with Crippen molar-refractivity contribution in [1.29, 1.82) is 0 Å². The van der Waals surface area contributed by atoms with Gasteiger partial charge in [0.25, 0.3) is 0 Å². The predicted molar refractivity (Wildman–Crippen MR) is 76.3 cm³/mol. The molecule has 2 atom stereocenters. The molecule has 1 N–H and O–H groups in total. The van der Waals surface area contributed by atoms with Crippen molar-refractivity contribution in [3.63, 3.8) is 0 Å². The third-order valence-corrected chi connectivity index (χ3v) is 4.38. The molecule has 0 bridgehead atoms. The van der Waals surface area contributed by atoms with Crippen LogP contribution in [0, 0.1) is 17.3 Å². The van der Waals surface area contributed by atoms with E-state index < -0.39 is 0 Å². The number of hydrogen-bond acceptors (Lipinski definition) is 2. The molecule has 0 aromatic carbocycles. The van der Waals surface area contributed by atoms with Crippen molar-refractivity contribution in [1.82, 2.24) is 10.2 Å². The van der Waals surface area contributed by atoms with Crippen molar-refractivity contribution in [2.24, 2.45) is 17.3 Å². The zero-order chi connectivity index (χ0) is 13.1. The Hall–Kier alpha value is -0.0800. The smallest absolute Gasteiger partial charge is 0.0125 e. The Morgan fingerprint density at radius 1 is 1.29 bits per heavy atom. The van der Waals surface area contributed by atoms with Crippen LogP contribution in [0.1, 0.15) is 47.5 Å². The average Bonchev–Trinajstić information content (AvgIpc) is 2.65. The minimum atomic E-state index is 0.367. The van der Waals surface area contributed by atoms with Crippen molar-refractivity contribution in [3.05, 3.63) is 0 Å². The molecular weight excluding hydrogens is 208 g/mol. The second-order valence-corrected chi connectivity index (χ2v) is 7.09. The van der Waals surface area contributed by atoms with Crippen LogP contribution in [0.2, 0.25) is 0 Å². The third kappa shape index (κ3) is 4.59. The highest BCUT2D eigenvalue weighted by molar-refractivity contribution is 4.83. The van der Waals surface area contributed by atoms with Crippen LogP contribution in [-0.2, 0) is 0 Å². The zero-order valence-electron chi connectivity index (χ0n) is 12.7. The largest absolute Gasteiger partial charge is 0.316 e. The molecule has 1 saturated heterocycles. The molecule has 17 heavy (non-hydrogen) atoms. The highest BCUT2D eigenvalue weighted by Crippen LogP contribution is 2.26. The molecule has 0 aromatic heterocycles. The topological polar surface area (TPSA) is 15.3 Å². The van der Waals surface area contributed by atoms with Crippen molar-refractivity contribution >= 4 is 0 Å². The minimum Gasteiger partial charge on any atom is -0.316 e. The predicted octanol–water partition coefficient (Wildman–Crippen LogP) is 2.99. The summed E-state index contributed by atoms with van der Waals surface area (Å²) in [6.45, 7) is 15.6. The molecule has 1 rings (SSSR count). The molecule has 0 radical (unpaired) electrons. The normalized spacial score (nSPS) is 24.5. The summed E-state index contributed by atoms with van der Waals surface area (Å²) in [6.07, 6.45) is 2.67. The Balaban J connectivity index is 2.32. The molecule has 102 valence electrons. The van der Waals surface area contributed by atoms with Gasteiger partial charge in [0.1, 0.15) is 0 Å². The second-order valence-electron chi connectivity index (χ2n) is 7.09. The van der Waals surface area contributed by atoms with Gasteiger partial charge in [-0.15, -0.1) is 0 Å². The van der Waals surface area contributed by atoms with Crippen LogP contribution >= 0.6 is 0 Å². The molecule has 1 aliphatic heterocycles. The number of nitrogens with zero attached hydrogens (tertiary/aromatic N) is 1. The van der Waals surface area contributed by atoms with Gasteiger partial charge in [-0.25, -0.2) is 0 Å². The summed E-state index contributed by atoms with van der Waals surface area (Å²) >= 11 is 0. The first-order valence-corrected chi connectivity index (χ1v) is 7.24. The van der Waals surface area contributed by atoms with Crippen LogP contribution in [0.3, 0.4) is 0 Å². The molecule has 0 saturated carbocycles. The van der Waals surface area contributed by atoms with E-state index in [0.29, 0.717) is 11.5 Å².